The molecule has 1 N–H and O–H groups in total. The lowest BCUT2D eigenvalue weighted by atomic mass is 9.98. The Balaban J connectivity index is 2.76. The van der Waals surface area contributed by atoms with Gasteiger partial charge in [0, 0.05) is 13.1 Å². The number of amides is 1. The number of nitro groups is 1. The average molecular weight is 387 g/mol. The Hall–Kier alpha value is -2.86. The van der Waals surface area contributed by atoms with Gasteiger partial charge in [0.15, 0.2) is 6.17 Å². The van der Waals surface area contributed by atoms with Crippen LogP contribution in [0, 0.1) is 15.9 Å². The number of carbonyl (C=O) groups is 1. The number of hydrogen-bond donors (Lipinski definition) is 1. The molecule has 1 unspecified atom stereocenters. The standard InChI is InChI=1S/C13H8F7N3O3/c1-22-9(12(15,16)17)8(10(24)21-11(22)13(18,19)20)5-2-3-6(14)7(4-5)23(25)26/h2-4,11H,1H3,(H,21,24). The SMILES string of the molecule is CN1C(C(F)(F)F)=C(c2ccc(F)c([N+](=O)[O-])c2)C(=O)NC1C(F)(F)F. The van der Waals surface area contributed by atoms with Crippen LogP contribution in [0.25, 0.3) is 5.57 Å². The summed E-state index contributed by atoms with van der Waals surface area (Å²) in [5, 5.41) is 12.1. The van der Waals surface area contributed by atoms with Gasteiger partial charge in [-0.05, 0) is 11.6 Å². The molecule has 0 radical (unpaired) electrons. The zero-order valence-corrected chi connectivity index (χ0v) is 12.6. The molecule has 1 aliphatic heterocycles. The van der Waals surface area contributed by atoms with Gasteiger partial charge in [-0.2, -0.15) is 30.7 Å². The number of rotatable bonds is 2. The number of hydrogen-bond acceptors (Lipinski definition) is 4. The van der Waals surface area contributed by atoms with Crippen molar-refractivity contribution in [1.29, 1.82) is 0 Å². The van der Waals surface area contributed by atoms with E-state index in [-0.39, 0.29) is 4.90 Å². The Morgan fingerprint density at radius 1 is 1.19 bits per heavy atom. The van der Waals surface area contributed by atoms with Gasteiger partial charge < -0.3 is 10.2 Å². The number of nitro benzene ring substituents is 1. The predicted octanol–water partition coefficient (Wildman–Crippen LogP) is 2.96. The van der Waals surface area contributed by atoms with Gasteiger partial charge in [0.2, 0.25) is 5.82 Å². The van der Waals surface area contributed by atoms with Crippen LogP contribution in [0.5, 0.6) is 0 Å². The molecule has 26 heavy (non-hydrogen) atoms. The fourth-order valence-corrected chi connectivity index (χ4v) is 2.43. The van der Waals surface area contributed by atoms with Crippen molar-refractivity contribution in [1.82, 2.24) is 10.2 Å². The first-order valence-corrected chi connectivity index (χ1v) is 6.61. The van der Waals surface area contributed by atoms with Gasteiger partial charge in [-0.25, -0.2) is 0 Å². The molecule has 2 rings (SSSR count). The van der Waals surface area contributed by atoms with Crippen LogP contribution in [-0.4, -0.2) is 41.3 Å². The largest absolute Gasteiger partial charge is 0.431 e. The second kappa shape index (κ2) is 6.14. The predicted molar refractivity (Wildman–Crippen MR) is 71.8 cm³/mol. The summed E-state index contributed by atoms with van der Waals surface area (Å²) in [7, 11) is 0.457. The summed E-state index contributed by atoms with van der Waals surface area (Å²) in [6.07, 6.45) is -13.6. The van der Waals surface area contributed by atoms with Crippen molar-refractivity contribution < 1.29 is 40.5 Å². The van der Waals surface area contributed by atoms with E-state index < -0.39 is 57.7 Å². The van der Waals surface area contributed by atoms with E-state index in [0.29, 0.717) is 25.2 Å². The average Bonchev–Trinajstić information content (AvgIpc) is 2.46. The molecular weight excluding hydrogens is 379 g/mol. The maximum atomic E-state index is 13.4. The summed E-state index contributed by atoms with van der Waals surface area (Å²) < 4.78 is 92.1. The molecule has 0 fully saturated rings. The smallest absolute Gasteiger partial charge is 0.342 e. The number of benzene rings is 1. The second-order valence-electron chi connectivity index (χ2n) is 5.17. The van der Waals surface area contributed by atoms with Gasteiger partial charge in [-0.15, -0.1) is 0 Å². The highest BCUT2D eigenvalue weighted by molar-refractivity contribution is 6.21. The second-order valence-corrected chi connectivity index (χ2v) is 5.17. The molecule has 1 amide bonds. The minimum atomic E-state index is -5.39. The molecule has 0 aromatic heterocycles. The van der Waals surface area contributed by atoms with Crippen molar-refractivity contribution in [2.24, 2.45) is 0 Å². The third-order valence-corrected chi connectivity index (χ3v) is 3.48. The van der Waals surface area contributed by atoms with E-state index in [1.165, 1.54) is 5.32 Å². The minimum absolute atomic E-state index is 0.244. The molecule has 0 bridgehead atoms. The van der Waals surface area contributed by atoms with Crippen molar-refractivity contribution >= 4 is 17.2 Å². The van der Waals surface area contributed by atoms with Gasteiger partial charge >= 0.3 is 18.0 Å². The molecule has 1 aliphatic rings. The molecule has 0 saturated carbocycles. The summed E-state index contributed by atoms with van der Waals surface area (Å²) in [5.74, 6) is -3.13. The highest BCUT2D eigenvalue weighted by atomic mass is 19.4. The molecular formula is C13H8F7N3O3. The van der Waals surface area contributed by atoms with Gasteiger partial charge in [0.05, 0.1) is 10.5 Å². The molecule has 0 saturated heterocycles. The van der Waals surface area contributed by atoms with Crippen molar-refractivity contribution in [2.45, 2.75) is 18.5 Å². The molecule has 1 heterocycles. The lowest BCUT2D eigenvalue weighted by Crippen LogP contribution is -2.60. The van der Waals surface area contributed by atoms with Crippen LogP contribution in [0.15, 0.2) is 23.9 Å². The summed E-state index contributed by atoms with van der Waals surface area (Å²) >= 11 is 0. The molecule has 13 heteroatoms. The van der Waals surface area contributed by atoms with Crippen molar-refractivity contribution in [2.75, 3.05) is 7.05 Å². The van der Waals surface area contributed by atoms with Crippen LogP contribution < -0.4 is 5.32 Å². The van der Waals surface area contributed by atoms with Crippen LogP contribution in [0.3, 0.4) is 0 Å². The Morgan fingerprint density at radius 2 is 1.77 bits per heavy atom. The number of allylic oxidation sites excluding steroid dienone is 1. The summed E-state index contributed by atoms with van der Waals surface area (Å²) in [4.78, 5) is 21.2. The van der Waals surface area contributed by atoms with Gasteiger partial charge in [0.1, 0.15) is 5.70 Å². The fourth-order valence-electron chi connectivity index (χ4n) is 2.43. The van der Waals surface area contributed by atoms with E-state index in [9.17, 15) is 45.6 Å². The van der Waals surface area contributed by atoms with Crippen LogP contribution in [0.2, 0.25) is 0 Å². The van der Waals surface area contributed by atoms with Crippen LogP contribution in [0.4, 0.5) is 36.4 Å². The van der Waals surface area contributed by atoms with E-state index in [1.54, 1.807) is 0 Å². The van der Waals surface area contributed by atoms with E-state index >= 15 is 0 Å². The molecule has 1 aromatic carbocycles. The lowest BCUT2D eigenvalue weighted by Gasteiger charge is -2.39. The Kier molecular flexibility index (Phi) is 4.60. The Morgan fingerprint density at radius 3 is 2.23 bits per heavy atom. The summed E-state index contributed by atoms with van der Waals surface area (Å²) in [6.45, 7) is 0. The van der Waals surface area contributed by atoms with Crippen LogP contribution in [-0.2, 0) is 4.79 Å². The van der Waals surface area contributed by atoms with Gasteiger partial charge in [0.25, 0.3) is 5.91 Å². The summed E-state index contributed by atoms with van der Waals surface area (Å²) in [6, 6.07) is 1.42. The third-order valence-electron chi connectivity index (χ3n) is 3.48. The maximum absolute atomic E-state index is 13.4. The molecule has 0 spiro atoms. The van der Waals surface area contributed by atoms with E-state index in [1.807, 2.05) is 0 Å². The minimum Gasteiger partial charge on any atom is -0.342 e. The first kappa shape index (κ1) is 19.5. The van der Waals surface area contributed by atoms with E-state index in [2.05, 4.69) is 0 Å². The van der Waals surface area contributed by atoms with Crippen LogP contribution in [0.1, 0.15) is 5.56 Å². The number of nitrogens with one attached hydrogen (secondary N) is 1. The number of nitrogens with zero attached hydrogens (tertiary/aromatic N) is 2. The van der Waals surface area contributed by atoms with Crippen molar-refractivity contribution in [3.8, 4) is 0 Å². The molecule has 0 aliphatic carbocycles. The number of carbonyl (C=O) groups excluding carboxylic acids is 1. The lowest BCUT2D eigenvalue weighted by molar-refractivity contribution is -0.387. The van der Waals surface area contributed by atoms with Crippen molar-refractivity contribution in [3.63, 3.8) is 0 Å². The topological polar surface area (TPSA) is 75.5 Å². The first-order chi connectivity index (χ1) is 11.7. The number of alkyl halides is 6. The van der Waals surface area contributed by atoms with Crippen molar-refractivity contribution in [3.05, 3.63) is 45.4 Å². The Bertz CT molecular complexity index is 801. The highest BCUT2D eigenvalue weighted by Gasteiger charge is 2.54. The maximum Gasteiger partial charge on any atom is 0.431 e. The third kappa shape index (κ3) is 3.41. The molecule has 1 atom stereocenters. The summed E-state index contributed by atoms with van der Waals surface area (Å²) in [5.41, 5.74) is -5.23. The highest BCUT2D eigenvalue weighted by Crippen LogP contribution is 2.41. The fraction of sp³-hybridized carbons (Fsp3) is 0.308. The zero-order valence-electron chi connectivity index (χ0n) is 12.6. The molecule has 1 aromatic rings. The monoisotopic (exact) mass is 387 g/mol. The van der Waals surface area contributed by atoms with E-state index in [4.69, 9.17) is 0 Å². The van der Waals surface area contributed by atoms with E-state index in [0.717, 1.165) is 0 Å². The first-order valence-electron chi connectivity index (χ1n) is 6.61. The quantitative estimate of drug-likeness (QED) is 0.481. The van der Waals surface area contributed by atoms with Gasteiger partial charge in [-0.3, -0.25) is 14.9 Å². The zero-order chi connectivity index (χ0) is 20.0. The van der Waals surface area contributed by atoms with Gasteiger partial charge in [-0.1, -0.05) is 6.07 Å². The van der Waals surface area contributed by atoms with Crippen LogP contribution >= 0.6 is 0 Å². The normalized spacial score (nSPS) is 18.8. The molecule has 142 valence electrons. The molecule has 6 nitrogen and oxygen atoms in total. The number of halogens is 7. The Labute approximate surface area is 140 Å².